The number of fused-ring (bicyclic) bond motifs is 1. The SMILES string of the molecule is CCOc1ccc2nc(NC(=O)CN3C(=O)CCC3=O)sc2c1. The van der Waals surface area contributed by atoms with Crippen molar-refractivity contribution in [2.75, 3.05) is 18.5 Å². The van der Waals surface area contributed by atoms with Gasteiger partial charge in [-0.2, -0.15) is 0 Å². The summed E-state index contributed by atoms with van der Waals surface area (Å²) in [6.07, 6.45) is 0.348. The molecule has 2 aromatic rings. The first-order chi connectivity index (χ1) is 11.1. The van der Waals surface area contributed by atoms with Crippen LogP contribution >= 0.6 is 11.3 Å². The Morgan fingerprint density at radius 1 is 1.35 bits per heavy atom. The van der Waals surface area contributed by atoms with E-state index in [1.54, 1.807) is 0 Å². The van der Waals surface area contributed by atoms with Crippen molar-refractivity contribution in [1.29, 1.82) is 0 Å². The maximum Gasteiger partial charge on any atom is 0.246 e. The lowest BCUT2D eigenvalue weighted by atomic mass is 10.3. The van der Waals surface area contributed by atoms with E-state index in [0.717, 1.165) is 20.9 Å². The summed E-state index contributed by atoms with van der Waals surface area (Å²) in [4.78, 5) is 40.3. The Morgan fingerprint density at radius 2 is 2.09 bits per heavy atom. The molecule has 0 spiro atoms. The topological polar surface area (TPSA) is 88.6 Å². The minimum atomic E-state index is -0.433. The van der Waals surface area contributed by atoms with Crippen LogP contribution in [-0.4, -0.2) is 40.8 Å². The van der Waals surface area contributed by atoms with Crippen LogP contribution in [0.5, 0.6) is 5.75 Å². The molecule has 7 nitrogen and oxygen atoms in total. The molecule has 3 amide bonds. The molecule has 0 bridgehead atoms. The van der Waals surface area contributed by atoms with Crippen molar-refractivity contribution < 1.29 is 19.1 Å². The fraction of sp³-hybridized carbons (Fsp3) is 0.333. The monoisotopic (exact) mass is 333 g/mol. The molecule has 1 saturated heterocycles. The van der Waals surface area contributed by atoms with Crippen LogP contribution < -0.4 is 10.1 Å². The zero-order chi connectivity index (χ0) is 16.4. The maximum atomic E-state index is 12.0. The zero-order valence-electron chi connectivity index (χ0n) is 12.5. The van der Waals surface area contributed by atoms with Gasteiger partial charge in [0.05, 0.1) is 16.8 Å². The van der Waals surface area contributed by atoms with Crippen LogP contribution in [0, 0.1) is 0 Å². The largest absolute Gasteiger partial charge is 0.494 e. The number of likely N-dealkylation sites (tertiary alicyclic amines) is 1. The molecule has 1 fully saturated rings. The van der Waals surface area contributed by atoms with Crippen LogP contribution in [0.3, 0.4) is 0 Å². The molecule has 1 N–H and O–H groups in total. The summed E-state index contributed by atoms with van der Waals surface area (Å²) >= 11 is 1.31. The Hall–Kier alpha value is -2.48. The van der Waals surface area contributed by atoms with E-state index < -0.39 is 5.91 Å². The molecular formula is C15H15N3O4S. The minimum absolute atomic E-state index is 0.174. The summed E-state index contributed by atoms with van der Waals surface area (Å²) in [6.45, 7) is 2.22. The third-order valence-corrected chi connectivity index (χ3v) is 4.31. The van der Waals surface area contributed by atoms with E-state index in [4.69, 9.17) is 4.74 Å². The number of nitrogens with one attached hydrogen (secondary N) is 1. The fourth-order valence-corrected chi connectivity index (χ4v) is 3.23. The molecule has 1 aromatic heterocycles. The molecule has 3 rings (SSSR count). The quantitative estimate of drug-likeness (QED) is 0.843. The van der Waals surface area contributed by atoms with Crippen molar-refractivity contribution in [2.24, 2.45) is 0 Å². The van der Waals surface area contributed by atoms with Crippen molar-refractivity contribution >= 4 is 44.4 Å². The highest BCUT2D eigenvalue weighted by atomic mass is 32.1. The number of hydrogen-bond acceptors (Lipinski definition) is 6. The number of aromatic nitrogens is 1. The third kappa shape index (κ3) is 3.31. The number of thiazole rings is 1. The summed E-state index contributed by atoms with van der Waals surface area (Å²) < 4.78 is 6.31. The van der Waals surface area contributed by atoms with Gasteiger partial charge in [0, 0.05) is 12.8 Å². The van der Waals surface area contributed by atoms with Gasteiger partial charge in [0.2, 0.25) is 17.7 Å². The van der Waals surface area contributed by atoms with Gasteiger partial charge < -0.3 is 10.1 Å². The summed E-state index contributed by atoms with van der Waals surface area (Å²) in [5, 5.41) is 3.06. The zero-order valence-corrected chi connectivity index (χ0v) is 13.3. The first-order valence-corrected chi connectivity index (χ1v) is 8.05. The van der Waals surface area contributed by atoms with Crippen molar-refractivity contribution in [2.45, 2.75) is 19.8 Å². The van der Waals surface area contributed by atoms with E-state index in [9.17, 15) is 14.4 Å². The van der Waals surface area contributed by atoms with Crippen LogP contribution in [0.1, 0.15) is 19.8 Å². The van der Waals surface area contributed by atoms with Crippen molar-refractivity contribution in [3.05, 3.63) is 18.2 Å². The average Bonchev–Trinajstić information content (AvgIpc) is 3.04. The van der Waals surface area contributed by atoms with Gasteiger partial charge in [-0.3, -0.25) is 19.3 Å². The number of carbonyl (C=O) groups excluding carboxylic acids is 3. The third-order valence-electron chi connectivity index (χ3n) is 3.37. The molecule has 1 aromatic carbocycles. The van der Waals surface area contributed by atoms with Gasteiger partial charge in [0.1, 0.15) is 12.3 Å². The van der Waals surface area contributed by atoms with E-state index in [2.05, 4.69) is 10.3 Å². The molecule has 1 aliphatic rings. The van der Waals surface area contributed by atoms with E-state index in [-0.39, 0.29) is 31.2 Å². The number of imide groups is 1. The number of carbonyl (C=O) groups is 3. The van der Waals surface area contributed by atoms with Gasteiger partial charge in [-0.15, -0.1) is 0 Å². The number of anilines is 1. The molecule has 0 unspecified atom stereocenters. The summed E-state index contributed by atoms with van der Waals surface area (Å²) in [5.74, 6) is -0.306. The highest BCUT2D eigenvalue weighted by molar-refractivity contribution is 7.22. The van der Waals surface area contributed by atoms with Crippen LogP contribution in [0.4, 0.5) is 5.13 Å². The van der Waals surface area contributed by atoms with Crippen LogP contribution in [0.15, 0.2) is 18.2 Å². The first-order valence-electron chi connectivity index (χ1n) is 7.23. The molecule has 0 atom stereocenters. The number of rotatable bonds is 5. The van der Waals surface area contributed by atoms with E-state index in [1.165, 1.54) is 11.3 Å². The molecule has 2 heterocycles. The number of benzene rings is 1. The van der Waals surface area contributed by atoms with Crippen molar-refractivity contribution in [1.82, 2.24) is 9.88 Å². The number of amides is 3. The molecule has 1 aliphatic heterocycles. The normalized spacial score (nSPS) is 14.6. The van der Waals surface area contributed by atoms with E-state index in [0.29, 0.717) is 11.7 Å². The first kappa shape index (κ1) is 15.4. The molecule has 0 aliphatic carbocycles. The molecule has 0 radical (unpaired) electrons. The number of ether oxygens (including phenoxy) is 1. The number of hydrogen-bond donors (Lipinski definition) is 1. The molecular weight excluding hydrogens is 318 g/mol. The second kappa shape index (κ2) is 6.33. The predicted molar refractivity (Wildman–Crippen MR) is 85.4 cm³/mol. The van der Waals surface area contributed by atoms with Gasteiger partial charge in [-0.1, -0.05) is 11.3 Å². The summed E-state index contributed by atoms with van der Waals surface area (Å²) in [7, 11) is 0. The Morgan fingerprint density at radius 3 is 2.78 bits per heavy atom. The summed E-state index contributed by atoms with van der Waals surface area (Å²) in [5.41, 5.74) is 0.752. The average molecular weight is 333 g/mol. The standard InChI is InChI=1S/C15H15N3O4S/c1-2-22-9-3-4-10-11(7-9)23-15(16-10)17-12(19)8-18-13(20)5-6-14(18)21/h3-4,7H,2,5-6,8H2,1H3,(H,16,17,19). The van der Waals surface area contributed by atoms with Gasteiger partial charge in [-0.25, -0.2) is 4.98 Å². The van der Waals surface area contributed by atoms with Crippen molar-refractivity contribution in [3.63, 3.8) is 0 Å². The number of nitrogens with zero attached hydrogens (tertiary/aromatic N) is 2. The van der Waals surface area contributed by atoms with E-state index in [1.807, 2.05) is 25.1 Å². The molecule has 8 heteroatoms. The van der Waals surface area contributed by atoms with Gasteiger partial charge in [0.15, 0.2) is 5.13 Å². The fourth-order valence-electron chi connectivity index (χ4n) is 2.32. The molecule has 120 valence electrons. The lowest BCUT2D eigenvalue weighted by molar-refractivity contribution is -0.141. The Labute approximate surface area is 136 Å². The van der Waals surface area contributed by atoms with Gasteiger partial charge >= 0.3 is 0 Å². The lowest BCUT2D eigenvalue weighted by Gasteiger charge is -2.12. The second-order valence-electron chi connectivity index (χ2n) is 5.00. The second-order valence-corrected chi connectivity index (χ2v) is 6.03. The minimum Gasteiger partial charge on any atom is -0.494 e. The Kier molecular flexibility index (Phi) is 4.24. The summed E-state index contributed by atoms with van der Waals surface area (Å²) in [6, 6.07) is 5.50. The van der Waals surface area contributed by atoms with Gasteiger partial charge in [-0.05, 0) is 25.1 Å². The molecule has 23 heavy (non-hydrogen) atoms. The Bertz CT molecular complexity index is 770. The lowest BCUT2D eigenvalue weighted by Crippen LogP contribution is -2.36. The van der Waals surface area contributed by atoms with Gasteiger partial charge in [0.25, 0.3) is 0 Å². The smallest absolute Gasteiger partial charge is 0.246 e. The van der Waals surface area contributed by atoms with E-state index >= 15 is 0 Å². The maximum absolute atomic E-state index is 12.0. The molecule has 0 saturated carbocycles. The van der Waals surface area contributed by atoms with Crippen LogP contribution in [-0.2, 0) is 14.4 Å². The Balaban J connectivity index is 1.69. The highest BCUT2D eigenvalue weighted by Gasteiger charge is 2.30. The van der Waals surface area contributed by atoms with Crippen LogP contribution in [0.25, 0.3) is 10.2 Å². The highest BCUT2D eigenvalue weighted by Crippen LogP contribution is 2.29. The van der Waals surface area contributed by atoms with Crippen LogP contribution in [0.2, 0.25) is 0 Å². The predicted octanol–water partition coefficient (Wildman–Crippen LogP) is 1.78. The van der Waals surface area contributed by atoms with Crippen molar-refractivity contribution in [3.8, 4) is 5.75 Å².